The molecule has 5 heteroatoms. The summed E-state index contributed by atoms with van der Waals surface area (Å²) in [6.45, 7) is 1.93. The molecule has 2 aliphatic rings. The van der Waals surface area contributed by atoms with Crippen molar-refractivity contribution in [2.75, 3.05) is 0 Å². The standard InChI is InChI=1S/C18H14O5/c1-18(11-5-3-2-4-6-11)9-10-7-13-14(8-12(10)15(18)19)23-17(22-13)16(20)21/h2-8,17H,9H2,1H3,(H,20,21). The number of carboxylic acid groups (broad SMARTS) is 1. The molecule has 1 heterocycles. The Morgan fingerprint density at radius 1 is 1.17 bits per heavy atom. The van der Waals surface area contributed by atoms with Crippen LogP contribution in [0.2, 0.25) is 0 Å². The first-order valence-corrected chi connectivity index (χ1v) is 7.32. The van der Waals surface area contributed by atoms with Crippen LogP contribution in [0, 0.1) is 0 Å². The maximum atomic E-state index is 12.9. The maximum Gasteiger partial charge on any atom is 0.387 e. The zero-order valence-electron chi connectivity index (χ0n) is 12.4. The third kappa shape index (κ3) is 1.93. The van der Waals surface area contributed by atoms with Gasteiger partial charge in [-0.2, -0.15) is 0 Å². The third-order valence-electron chi connectivity index (χ3n) is 4.54. The molecule has 5 nitrogen and oxygen atoms in total. The van der Waals surface area contributed by atoms with E-state index in [9.17, 15) is 9.59 Å². The molecule has 23 heavy (non-hydrogen) atoms. The molecule has 0 spiro atoms. The Bertz CT molecular complexity index is 827. The highest BCUT2D eigenvalue weighted by Gasteiger charge is 2.44. The van der Waals surface area contributed by atoms with Gasteiger partial charge in [0.15, 0.2) is 17.3 Å². The van der Waals surface area contributed by atoms with Gasteiger partial charge in [0.05, 0.1) is 5.41 Å². The first-order chi connectivity index (χ1) is 11.0. The molecule has 1 N–H and O–H groups in total. The molecule has 0 aromatic heterocycles. The van der Waals surface area contributed by atoms with Gasteiger partial charge in [-0.25, -0.2) is 4.79 Å². The first-order valence-electron chi connectivity index (χ1n) is 7.32. The van der Waals surface area contributed by atoms with Crippen LogP contribution >= 0.6 is 0 Å². The Hall–Kier alpha value is -2.82. The molecule has 2 atom stereocenters. The molecule has 116 valence electrons. The molecular formula is C18H14O5. The predicted molar refractivity (Wildman–Crippen MR) is 81.0 cm³/mol. The molecule has 1 aliphatic heterocycles. The van der Waals surface area contributed by atoms with Crippen molar-refractivity contribution >= 4 is 11.8 Å². The molecule has 4 rings (SSSR count). The van der Waals surface area contributed by atoms with E-state index in [0.717, 1.165) is 11.1 Å². The number of aliphatic carboxylic acids is 1. The fraction of sp³-hybridized carbons (Fsp3) is 0.222. The van der Waals surface area contributed by atoms with Crippen LogP contribution in [-0.4, -0.2) is 23.1 Å². The van der Waals surface area contributed by atoms with Gasteiger partial charge in [-0.15, -0.1) is 0 Å². The molecule has 2 unspecified atom stereocenters. The van der Waals surface area contributed by atoms with Gasteiger partial charge in [-0.05, 0) is 36.6 Å². The number of hydrogen-bond donors (Lipinski definition) is 1. The predicted octanol–water partition coefficient (Wildman–Crippen LogP) is 2.57. The Balaban J connectivity index is 1.74. The summed E-state index contributed by atoms with van der Waals surface area (Å²) in [7, 11) is 0. The lowest BCUT2D eigenvalue weighted by Crippen LogP contribution is -2.29. The van der Waals surface area contributed by atoms with Gasteiger partial charge >= 0.3 is 12.3 Å². The molecule has 1 aliphatic carbocycles. The van der Waals surface area contributed by atoms with E-state index in [1.807, 2.05) is 37.3 Å². The van der Waals surface area contributed by atoms with E-state index in [0.29, 0.717) is 23.5 Å². The van der Waals surface area contributed by atoms with E-state index in [2.05, 4.69) is 0 Å². The van der Waals surface area contributed by atoms with Gasteiger partial charge in [-0.3, -0.25) is 4.79 Å². The van der Waals surface area contributed by atoms with E-state index in [1.54, 1.807) is 12.1 Å². The second-order valence-corrected chi connectivity index (χ2v) is 6.07. The second kappa shape index (κ2) is 4.59. The van der Waals surface area contributed by atoms with Crippen molar-refractivity contribution in [3.8, 4) is 11.5 Å². The summed E-state index contributed by atoms with van der Waals surface area (Å²) in [4.78, 5) is 23.9. The number of fused-ring (bicyclic) bond motifs is 2. The van der Waals surface area contributed by atoms with Crippen molar-refractivity contribution in [3.05, 3.63) is 59.2 Å². The number of rotatable bonds is 2. The molecule has 0 radical (unpaired) electrons. The van der Waals surface area contributed by atoms with Crippen LogP contribution < -0.4 is 9.47 Å². The summed E-state index contributed by atoms with van der Waals surface area (Å²) in [5.41, 5.74) is 1.77. The monoisotopic (exact) mass is 310 g/mol. The summed E-state index contributed by atoms with van der Waals surface area (Å²) in [6.07, 6.45) is -0.789. The Morgan fingerprint density at radius 2 is 1.83 bits per heavy atom. The van der Waals surface area contributed by atoms with Crippen LogP contribution in [0.4, 0.5) is 0 Å². The highest BCUT2D eigenvalue weighted by Crippen LogP contribution is 2.45. The molecule has 0 bridgehead atoms. The summed E-state index contributed by atoms with van der Waals surface area (Å²) in [5.74, 6) is -0.492. The lowest BCUT2D eigenvalue weighted by molar-refractivity contribution is -0.154. The zero-order chi connectivity index (χ0) is 16.2. The average Bonchev–Trinajstić information content (AvgIpc) is 3.07. The topological polar surface area (TPSA) is 72.8 Å². The minimum atomic E-state index is -1.34. The van der Waals surface area contributed by atoms with Crippen LogP contribution in [0.15, 0.2) is 42.5 Å². The largest absolute Gasteiger partial charge is 0.476 e. The summed E-state index contributed by atoms with van der Waals surface area (Å²) in [6, 6.07) is 13.0. The Labute approximate surface area is 132 Å². The van der Waals surface area contributed by atoms with Gasteiger partial charge in [0.2, 0.25) is 0 Å². The van der Waals surface area contributed by atoms with Crippen molar-refractivity contribution in [1.29, 1.82) is 0 Å². The van der Waals surface area contributed by atoms with Crippen LogP contribution in [0.3, 0.4) is 0 Å². The third-order valence-corrected chi connectivity index (χ3v) is 4.54. The van der Waals surface area contributed by atoms with Crippen LogP contribution in [0.5, 0.6) is 11.5 Å². The molecule has 0 saturated carbocycles. The van der Waals surface area contributed by atoms with Crippen LogP contribution in [0.25, 0.3) is 0 Å². The number of hydrogen-bond acceptors (Lipinski definition) is 4. The minimum absolute atomic E-state index is 0.0175. The molecule has 0 saturated heterocycles. The smallest absolute Gasteiger partial charge is 0.387 e. The fourth-order valence-corrected chi connectivity index (χ4v) is 3.30. The van der Waals surface area contributed by atoms with Crippen molar-refractivity contribution in [2.45, 2.75) is 25.0 Å². The quantitative estimate of drug-likeness (QED) is 0.923. The van der Waals surface area contributed by atoms with Gasteiger partial charge in [0, 0.05) is 5.56 Å². The van der Waals surface area contributed by atoms with E-state index >= 15 is 0 Å². The zero-order valence-corrected chi connectivity index (χ0v) is 12.4. The number of carboxylic acids is 1. The van der Waals surface area contributed by atoms with Crippen LogP contribution in [-0.2, 0) is 16.6 Å². The van der Waals surface area contributed by atoms with E-state index < -0.39 is 17.7 Å². The second-order valence-electron chi connectivity index (χ2n) is 6.07. The molecule has 0 amide bonds. The number of Topliss-reactive ketones (excluding diaryl/α,β-unsaturated/α-hetero) is 1. The molecule has 2 aromatic rings. The van der Waals surface area contributed by atoms with E-state index in [-0.39, 0.29) is 5.78 Å². The summed E-state index contributed by atoms with van der Waals surface area (Å²) in [5, 5.41) is 8.96. The van der Waals surface area contributed by atoms with Gasteiger partial charge in [0.25, 0.3) is 0 Å². The van der Waals surface area contributed by atoms with Crippen molar-refractivity contribution in [1.82, 2.24) is 0 Å². The maximum absolute atomic E-state index is 12.9. The van der Waals surface area contributed by atoms with Crippen molar-refractivity contribution < 1.29 is 24.2 Å². The lowest BCUT2D eigenvalue weighted by Gasteiger charge is -2.22. The number of carbonyl (C=O) groups excluding carboxylic acids is 1. The molecule has 0 fully saturated rings. The lowest BCUT2D eigenvalue weighted by atomic mass is 9.79. The molecular weight excluding hydrogens is 296 g/mol. The average molecular weight is 310 g/mol. The number of benzene rings is 2. The number of ketones is 1. The summed E-state index contributed by atoms with van der Waals surface area (Å²) < 4.78 is 10.5. The fourth-order valence-electron chi connectivity index (χ4n) is 3.30. The van der Waals surface area contributed by atoms with E-state index in [1.165, 1.54) is 0 Å². The number of carbonyl (C=O) groups is 2. The van der Waals surface area contributed by atoms with Gasteiger partial charge < -0.3 is 14.6 Å². The van der Waals surface area contributed by atoms with Gasteiger partial charge in [0.1, 0.15) is 0 Å². The Kier molecular flexibility index (Phi) is 2.75. The Morgan fingerprint density at radius 3 is 2.48 bits per heavy atom. The molecule has 2 aromatic carbocycles. The van der Waals surface area contributed by atoms with E-state index in [4.69, 9.17) is 14.6 Å². The minimum Gasteiger partial charge on any atom is -0.476 e. The number of ether oxygens (including phenoxy) is 2. The van der Waals surface area contributed by atoms with Gasteiger partial charge in [-0.1, -0.05) is 30.3 Å². The highest BCUT2D eigenvalue weighted by molar-refractivity contribution is 6.08. The first kappa shape index (κ1) is 13.8. The normalized spacial score (nSPS) is 24.6. The highest BCUT2D eigenvalue weighted by atomic mass is 16.7. The SMILES string of the molecule is CC1(c2ccccc2)Cc2cc3c(cc2C1=O)OC(C(=O)O)O3. The summed E-state index contributed by atoms with van der Waals surface area (Å²) >= 11 is 0. The van der Waals surface area contributed by atoms with Crippen molar-refractivity contribution in [2.24, 2.45) is 0 Å². The van der Waals surface area contributed by atoms with Crippen molar-refractivity contribution in [3.63, 3.8) is 0 Å². The van der Waals surface area contributed by atoms with Crippen LogP contribution in [0.1, 0.15) is 28.4 Å².